The summed E-state index contributed by atoms with van der Waals surface area (Å²) in [6, 6.07) is 0. The van der Waals surface area contributed by atoms with Crippen molar-refractivity contribution < 1.29 is 0 Å². The van der Waals surface area contributed by atoms with E-state index >= 15 is 0 Å². The molecule has 9 heavy (non-hydrogen) atoms. The predicted octanol–water partition coefficient (Wildman–Crippen LogP) is 0.954. The van der Waals surface area contributed by atoms with Gasteiger partial charge in [0, 0.05) is 18.5 Å². The van der Waals surface area contributed by atoms with Crippen LogP contribution in [-0.4, -0.2) is 19.8 Å². The Labute approximate surface area is 55.7 Å². The minimum Gasteiger partial charge on any atom is -0.314 e. The molecule has 0 aromatic heterocycles. The van der Waals surface area contributed by atoms with Crippen LogP contribution in [0.1, 0.15) is 12.8 Å². The lowest BCUT2D eigenvalue weighted by Crippen LogP contribution is -2.10. The topological polar surface area (TPSA) is 24.4 Å². The lowest BCUT2D eigenvalue weighted by Gasteiger charge is -2.03. The molecule has 0 bridgehead atoms. The highest BCUT2D eigenvalue weighted by Gasteiger charge is 1.94. The number of nitrogens with one attached hydrogen (secondary N) is 1. The quantitative estimate of drug-likeness (QED) is 0.582. The molecule has 0 atom stereocenters. The lowest BCUT2D eigenvalue weighted by molar-refractivity contribution is 0.853. The fourth-order valence-electron chi connectivity index (χ4n) is 0.858. The lowest BCUT2D eigenvalue weighted by atomic mass is 10.2. The molecule has 0 saturated carbocycles. The smallest absolute Gasteiger partial charge is 0.0497 e. The SMILES string of the molecule is CNCC1=CCCC=N1. The van der Waals surface area contributed by atoms with E-state index in [2.05, 4.69) is 16.4 Å². The number of hydrogen-bond acceptors (Lipinski definition) is 2. The maximum absolute atomic E-state index is 4.19. The van der Waals surface area contributed by atoms with Gasteiger partial charge in [0.2, 0.25) is 0 Å². The molecule has 0 fully saturated rings. The monoisotopic (exact) mass is 124 g/mol. The van der Waals surface area contributed by atoms with Gasteiger partial charge >= 0.3 is 0 Å². The van der Waals surface area contributed by atoms with Crippen molar-refractivity contribution in [3.63, 3.8) is 0 Å². The molecule has 0 aromatic carbocycles. The Morgan fingerprint density at radius 1 is 1.67 bits per heavy atom. The zero-order chi connectivity index (χ0) is 6.53. The van der Waals surface area contributed by atoms with E-state index in [-0.39, 0.29) is 0 Å². The number of hydrogen-bond donors (Lipinski definition) is 1. The second kappa shape index (κ2) is 3.41. The third-order valence-electron chi connectivity index (χ3n) is 1.29. The molecule has 2 heteroatoms. The van der Waals surface area contributed by atoms with Crippen LogP contribution >= 0.6 is 0 Å². The van der Waals surface area contributed by atoms with Crippen LogP contribution in [0.2, 0.25) is 0 Å². The normalized spacial score (nSPS) is 17.7. The molecule has 0 unspecified atom stereocenters. The zero-order valence-corrected chi connectivity index (χ0v) is 5.72. The van der Waals surface area contributed by atoms with Gasteiger partial charge in [0.25, 0.3) is 0 Å². The first-order valence-electron chi connectivity index (χ1n) is 3.29. The second-order valence-corrected chi connectivity index (χ2v) is 2.11. The fourth-order valence-corrected chi connectivity index (χ4v) is 0.858. The molecule has 0 aliphatic carbocycles. The second-order valence-electron chi connectivity index (χ2n) is 2.11. The van der Waals surface area contributed by atoms with Gasteiger partial charge in [-0.2, -0.15) is 0 Å². The van der Waals surface area contributed by atoms with Crippen molar-refractivity contribution in [1.29, 1.82) is 0 Å². The van der Waals surface area contributed by atoms with Gasteiger partial charge in [-0.3, -0.25) is 4.99 Å². The van der Waals surface area contributed by atoms with E-state index < -0.39 is 0 Å². The van der Waals surface area contributed by atoms with Gasteiger partial charge in [-0.05, 0) is 19.9 Å². The molecule has 1 aliphatic heterocycles. The summed E-state index contributed by atoms with van der Waals surface area (Å²) >= 11 is 0. The van der Waals surface area contributed by atoms with Gasteiger partial charge in [0.1, 0.15) is 0 Å². The van der Waals surface area contributed by atoms with Crippen LogP contribution < -0.4 is 5.32 Å². The molecular weight excluding hydrogens is 112 g/mol. The van der Waals surface area contributed by atoms with Crippen LogP contribution in [0, 0.1) is 0 Å². The fraction of sp³-hybridized carbons (Fsp3) is 0.571. The molecule has 1 heterocycles. The van der Waals surface area contributed by atoms with Crippen molar-refractivity contribution in [2.24, 2.45) is 4.99 Å². The van der Waals surface area contributed by atoms with Crippen LogP contribution in [0.4, 0.5) is 0 Å². The third kappa shape index (κ3) is 1.98. The number of rotatable bonds is 2. The predicted molar refractivity (Wildman–Crippen MR) is 39.7 cm³/mol. The van der Waals surface area contributed by atoms with Crippen LogP contribution in [0.25, 0.3) is 0 Å². The van der Waals surface area contributed by atoms with E-state index in [1.807, 2.05) is 13.3 Å². The van der Waals surface area contributed by atoms with Crippen molar-refractivity contribution in [2.75, 3.05) is 13.6 Å². The van der Waals surface area contributed by atoms with E-state index in [9.17, 15) is 0 Å². The van der Waals surface area contributed by atoms with Crippen molar-refractivity contribution in [1.82, 2.24) is 5.32 Å². The Kier molecular flexibility index (Phi) is 2.46. The average Bonchev–Trinajstić information content (AvgIpc) is 1.91. The third-order valence-corrected chi connectivity index (χ3v) is 1.29. The molecular formula is C7H12N2. The van der Waals surface area contributed by atoms with Gasteiger partial charge < -0.3 is 5.32 Å². The Morgan fingerprint density at radius 3 is 3.11 bits per heavy atom. The van der Waals surface area contributed by atoms with Crippen molar-refractivity contribution in [3.8, 4) is 0 Å². The molecule has 0 radical (unpaired) electrons. The van der Waals surface area contributed by atoms with Crippen LogP contribution in [0.3, 0.4) is 0 Å². The zero-order valence-electron chi connectivity index (χ0n) is 5.72. The highest BCUT2D eigenvalue weighted by atomic mass is 14.9. The average molecular weight is 124 g/mol. The van der Waals surface area contributed by atoms with Crippen LogP contribution in [0.15, 0.2) is 16.8 Å². The Bertz CT molecular complexity index is 136. The molecule has 1 aliphatic rings. The minimum absolute atomic E-state index is 0.899. The maximum atomic E-state index is 4.19. The summed E-state index contributed by atoms with van der Waals surface area (Å²) in [5.41, 5.74) is 1.17. The summed E-state index contributed by atoms with van der Waals surface area (Å²) in [6.45, 7) is 0.899. The molecule has 0 spiro atoms. The van der Waals surface area contributed by atoms with E-state index in [0.29, 0.717) is 0 Å². The Morgan fingerprint density at radius 2 is 2.56 bits per heavy atom. The summed E-state index contributed by atoms with van der Waals surface area (Å²) in [5.74, 6) is 0. The minimum atomic E-state index is 0.899. The summed E-state index contributed by atoms with van der Waals surface area (Å²) < 4.78 is 0. The molecule has 0 aromatic rings. The first-order valence-corrected chi connectivity index (χ1v) is 3.29. The molecule has 1 N–H and O–H groups in total. The highest BCUT2D eigenvalue weighted by molar-refractivity contribution is 5.60. The van der Waals surface area contributed by atoms with Gasteiger partial charge in [0.15, 0.2) is 0 Å². The standard InChI is InChI=1S/C7H12N2/c1-8-6-7-4-2-3-5-9-7/h4-5,8H,2-3,6H2,1H3. The van der Waals surface area contributed by atoms with Crippen molar-refractivity contribution >= 4 is 6.21 Å². The molecule has 50 valence electrons. The van der Waals surface area contributed by atoms with E-state index in [1.54, 1.807) is 0 Å². The van der Waals surface area contributed by atoms with E-state index in [0.717, 1.165) is 19.4 Å². The number of likely N-dealkylation sites (N-methyl/N-ethyl adjacent to an activating group) is 1. The number of aliphatic imine (C=N–C) groups is 1. The van der Waals surface area contributed by atoms with Gasteiger partial charge in [0.05, 0.1) is 0 Å². The molecule has 1 rings (SSSR count). The van der Waals surface area contributed by atoms with E-state index in [1.165, 1.54) is 5.70 Å². The van der Waals surface area contributed by atoms with Gasteiger partial charge in [-0.1, -0.05) is 6.08 Å². The van der Waals surface area contributed by atoms with Gasteiger partial charge in [-0.25, -0.2) is 0 Å². The van der Waals surface area contributed by atoms with Crippen molar-refractivity contribution in [2.45, 2.75) is 12.8 Å². The summed E-state index contributed by atoms with van der Waals surface area (Å²) in [7, 11) is 1.94. The van der Waals surface area contributed by atoms with Gasteiger partial charge in [-0.15, -0.1) is 0 Å². The first-order chi connectivity index (χ1) is 4.43. The Balaban J connectivity index is 2.38. The molecule has 2 nitrogen and oxygen atoms in total. The number of nitrogens with zero attached hydrogens (tertiary/aromatic N) is 1. The van der Waals surface area contributed by atoms with Crippen LogP contribution in [0.5, 0.6) is 0 Å². The highest BCUT2D eigenvalue weighted by Crippen LogP contribution is 2.03. The first kappa shape index (κ1) is 6.49. The van der Waals surface area contributed by atoms with Crippen LogP contribution in [-0.2, 0) is 0 Å². The summed E-state index contributed by atoms with van der Waals surface area (Å²) in [5, 5.41) is 3.06. The molecule has 0 amide bonds. The van der Waals surface area contributed by atoms with Crippen molar-refractivity contribution in [3.05, 3.63) is 11.8 Å². The largest absolute Gasteiger partial charge is 0.314 e. The summed E-state index contributed by atoms with van der Waals surface area (Å²) in [6.07, 6.45) is 6.41. The maximum Gasteiger partial charge on any atom is 0.0497 e. The Hall–Kier alpha value is -0.630. The van der Waals surface area contributed by atoms with E-state index in [4.69, 9.17) is 0 Å². The molecule has 0 saturated heterocycles. The number of allylic oxidation sites excluding steroid dienone is 1. The summed E-state index contributed by atoms with van der Waals surface area (Å²) in [4.78, 5) is 4.19.